The number of rotatable bonds is 6. The SMILES string of the molecule is C=C1OC(=O)C2(C1=O)C(=O)C1[C@H]3C[C@@H](OC(C)=O)[C@H](C)[C@@H](OC(C)=O)[C@@H]3C=C[C@H]1C[C@H]2\C=C/C=C\C=C/C(=O)O. The summed E-state index contributed by atoms with van der Waals surface area (Å²) in [6, 6.07) is 0. The third-order valence-electron chi connectivity index (χ3n) is 8.44. The van der Waals surface area contributed by atoms with Crippen LogP contribution in [0.3, 0.4) is 0 Å². The van der Waals surface area contributed by atoms with Gasteiger partial charge in [-0.3, -0.25) is 24.0 Å². The lowest BCUT2D eigenvalue weighted by atomic mass is 9.50. The molecule has 0 bridgehead atoms. The monoisotopic (exact) mass is 552 g/mol. The second-order valence-corrected chi connectivity index (χ2v) is 10.8. The highest BCUT2D eigenvalue weighted by Crippen LogP contribution is 2.57. The molecule has 0 aromatic rings. The minimum atomic E-state index is -2.12. The van der Waals surface area contributed by atoms with Crippen LogP contribution in [0.1, 0.15) is 33.6 Å². The first kappa shape index (κ1) is 28.9. The number of esters is 3. The second-order valence-electron chi connectivity index (χ2n) is 10.8. The average molecular weight is 553 g/mol. The van der Waals surface area contributed by atoms with Gasteiger partial charge < -0.3 is 19.3 Å². The van der Waals surface area contributed by atoms with Crippen molar-refractivity contribution >= 4 is 35.4 Å². The second kappa shape index (κ2) is 11.2. The molecule has 3 fully saturated rings. The van der Waals surface area contributed by atoms with Crippen molar-refractivity contribution in [3.63, 3.8) is 0 Å². The molecule has 0 aromatic heterocycles. The molecule has 212 valence electrons. The first-order valence-electron chi connectivity index (χ1n) is 13.2. The van der Waals surface area contributed by atoms with Gasteiger partial charge in [0.15, 0.2) is 17.0 Å². The van der Waals surface area contributed by atoms with E-state index in [2.05, 4.69) is 6.58 Å². The Kier molecular flexibility index (Phi) is 8.09. The van der Waals surface area contributed by atoms with Gasteiger partial charge in [-0.1, -0.05) is 56.0 Å². The van der Waals surface area contributed by atoms with Crippen molar-refractivity contribution in [3.8, 4) is 0 Å². The Labute approximate surface area is 231 Å². The van der Waals surface area contributed by atoms with Crippen LogP contribution in [-0.4, -0.2) is 52.8 Å². The molecule has 1 N–H and O–H groups in total. The summed E-state index contributed by atoms with van der Waals surface area (Å²) in [5.74, 6) is -8.05. The number of carbonyl (C=O) groups is 6. The minimum absolute atomic E-state index is 0.269. The summed E-state index contributed by atoms with van der Waals surface area (Å²) in [6.07, 6.45) is 11.5. The Bertz CT molecular complexity index is 1270. The molecule has 0 radical (unpaired) electrons. The molecule has 1 saturated heterocycles. The molecule has 0 aromatic carbocycles. The fourth-order valence-corrected chi connectivity index (χ4v) is 6.84. The van der Waals surface area contributed by atoms with Crippen molar-refractivity contribution in [2.45, 2.75) is 45.8 Å². The van der Waals surface area contributed by atoms with Crippen molar-refractivity contribution in [1.29, 1.82) is 0 Å². The number of Topliss-reactive ketones (excluding diaryl/α,β-unsaturated/α-hetero) is 2. The van der Waals surface area contributed by atoms with Gasteiger partial charge in [-0.25, -0.2) is 4.79 Å². The molecular weight excluding hydrogens is 520 g/mol. The van der Waals surface area contributed by atoms with Crippen molar-refractivity contribution < 1.29 is 48.1 Å². The Morgan fingerprint density at radius 3 is 2.30 bits per heavy atom. The Morgan fingerprint density at radius 1 is 1.02 bits per heavy atom. The van der Waals surface area contributed by atoms with Crippen LogP contribution in [0.2, 0.25) is 0 Å². The molecule has 1 spiro atoms. The number of carboxylic acids is 1. The van der Waals surface area contributed by atoms with E-state index in [0.29, 0.717) is 6.42 Å². The highest BCUT2D eigenvalue weighted by Gasteiger charge is 2.70. The summed E-state index contributed by atoms with van der Waals surface area (Å²) < 4.78 is 16.4. The molecule has 40 heavy (non-hydrogen) atoms. The molecule has 10 nitrogen and oxygen atoms in total. The zero-order chi connectivity index (χ0) is 29.4. The Morgan fingerprint density at radius 2 is 1.70 bits per heavy atom. The van der Waals surface area contributed by atoms with E-state index in [4.69, 9.17) is 19.3 Å². The summed E-state index contributed by atoms with van der Waals surface area (Å²) in [5.41, 5.74) is -2.12. The number of fused-ring (bicyclic) bond motifs is 3. The van der Waals surface area contributed by atoms with Gasteiger partial charge in [0, 0.05) is 43.6 Å². The largest absolute Gasteiger partial charge is 0.478 e. The first-order chi connectivity index (χ1) is 18.9. The van der Waals surface area contributed by atoms with Crippen molar-refractivity contribution in [2.75, 3.05) is 0 Å². The van der Waals surface area contributed by atoms with E-state index in [1.807, 2.05) is 19.1 Å². The lowest BCUT2D eigenvalue weighted by Crippen LogP contribution is -2.61. The fraction of sp³-hybridized carbons (Fsp3) is 0.467. The smallest absolute Gasteiger partial charge is 0.333 e. The standard InChI is InChI=1S/C30H32O10/c1-15-23(39-17(3)31)14-22-21(26(15)40-18(4)32)12-11-19-13-20(9-7-5-6-8-10-24(33)34)30(28(36)25(19)22)27(35)16(2)38-29(30)37/h5-12,15,19-23,25-26H,2,13-14H2,1,3-4H3,(H,33,34)/b6-5-,9-7-,10-8-/t15-,19-,20+,21+,22-,23+,25?,26+,30?/m0/s1. The van der Waals surface area contributed by atoms with Gasteiger partial charge in [-0.05, 0) is 24.7 Å². The molecule has 3 aliphatic carbocycles. The van der Waals surface area contributed by atoms with Gasteiger partial charge in [0.1, 0.15) is 12.2 Å². The quantitative estimate of drug-likeness (QED) is 0.130. The van der Waals surface area contributed by atoms with Gasteiger partial charge in [-0.15, -0.1) is 0 Å². The molecule has 1 aliphatic heterocycles. The van der Waals surface area contributed by atoms with Gasteiger partial charge in [0.25, 0.3) is 0 Å². The number of ketones is 2. The molecule has 2 unspecified atom stereocenters. The maximum atomic E-state index is 14.4. The van der Waals surface area contributed by atoms with Crippen LogP contribution < -0.4 is 0 Å². The van der Waals surface area contributed by atoms with E-state index < -0.39 is 76.6 Å². The van der Waals surface area contributed by atoms with Crippen LogP contribution in [0.25, 0.3) is 0 Å². The number of carboxylic acid groups (broad SMARTS) is 1. The Balaban J connectivity index is 1.75. The molecule has 2 saturated carbocycles. The predicted molar refractivity (Wildman–Crippen MR) is 139 cm³/mol. The minimum Gasteiger partial charge on any atom is -0.478 e. The zero-order valence-corrected chi connectivity index (χ0v) is 22.5. The number of allylic oxidation sites excluding steroid dienone is 7. The molecule has 9 atom stereocenters. The normalized spacial score (nSPS) is 37.2. The van der Waals surface area contributed by atoms with Gasteiger partial charge in [0.05, 0.1) is 0 Å². The molecule has 4 rings (SSSR count). The predicted octanol–water partition coefficient (Wildman–Crippen LogP) is 2.89. The van der Waals surface area contributed by atoms with Crippen LogP contribution in [0.15, 0.2) is 60.9 Å². The summed E-state index contributed by atoms with van der Waals surface area (Å²) in [5, 5.41) is 8.72. The lowest BCUT2D eigenvalue weighted by molar-refractivity contribution is -0.177. The van der Waals surface area contributed by atoms with Gasteiger partial charge in [0.2, 0.25) is 5.78 Å². The van der Waals surface area contributed by atoms with Crippen molar-refractivity contribution in [1.82, 2.24) is 0 Å². The number of carbonyl (C=O) groups excluding carboxylic acids is 5. The molecule has 10 heteroatoms. The molecule has 1 heterocycles. The third-order valence-corrected chi connectivity index (χ3v) is 8.44. The van der Waals surface area contributed by atoms with Crippen LogP contribution in [0.5, 0.6) is 0 Å². The highest BCUT2D eigenvalue weighted by atomic mass is 16.6. The Hall–Kier alpha value is -4.08. The molecule has 0 amide bonds. The number of hydrogen-bond donors (Lipinski definition) is 1. The van der Waals surface area contributed by atoms with Crippen molar-refractivity contribution in [3.05, 3.63) is 60.9 Å². The number of ether oxygens (including phenoxy) is 3. The van der Waals surface area contributed by atoms with E-state index in [1.54, 1.807) is 12.2 Å². The van der Waals surface area contributed by atoms with Crippen LogP contribution in [0, 0.1) is 40.9 Å². The highest BCUT2D eigenvalue weighted by molar-refractivity contribution is 6.31. The van der Waals surface area contributed by atoms with Crippen LogP contribution in [0.4, 0.5) is 0 Å². The van der Waals surface area contributed by atoms with Gasteiger partial charge >= 0.3 is 23.9 Å². The van der Waals surface area contributed by atoms with Crippen LogP contribution >= 0.6 is 0 Å². The molecule has 4 aliphatic rings. The first-order valence-corrected chi connectivity index (χ1v) is 13.2. The average Bonchev–Trinajstić information content (AvgIpc) is 3.09. The number of hydrogen-bond acceptors (Lipinski definition) is 9. The molecular formula is C30H32O10. The van der Waals surface area contributed by atoms with E-state index >= 15 is 0 Å². The number of aliphatic carboxylic acids is 1. The van der Waals surface area contributed by atoms with Crippen LogP contribution in [-0.2, 0) is 43.0 Å². The van der Waals surface area contributed by atoms with Crippen molar-refractivity contribution in [2.24, 2.45) is 40.9 Å². The van der Waals surface area contributed by atoms with Gasteiger partial charge in [-0.2, -0.15) is 0 Å². The van der Waals surface area contributed by atoms with E-state index in [0.717, 1.165) is 6.08 Å². The maximum absolute atomic E-state index is 14.4. The van der Waals surface area contributed by atoms with E-state index in [-0.39, 0.29) is 24.2 Å². The lowest BCUT2D eigenvalue weighted by Gasteiger charge is -2.53. The summed E-state index contributed by atoms with van der Waals surface area (Å²) in [4.78, 5) is 75.7. The topological polar surface area (TPSA) is 150 Å². The maximum Gasteiger partial charge on any atom is 0.333 e. The number of cyclic esters (lactones) is 1. The fourth-order valence-electron chi connectivity index (χ4n) is 6.84. The third kappa shape index (κ3) is 4.98. The van der Waals surface area contributed by atoms with E-state index in [9.17, 15) is 28.8 Å². The van der Waals surface area contributed by atoms with E-state index in [1.165, 1.54) is 32.1 Å². The zero-order valence-electron chi connectivity index (χ0n) is 22.5. The summed E-state index contributed by atoms with van der Waals surface area (Å²) >= 11 is 0. The summed E-state index contributed by atoms with van der Waals surface area (Å²) in [7, 11) is 0. The summed E-state index contributed by atoms with van der Waals surface area (Å²) in [6.45, 7) is 7.94.